The quantitative estimate of drug-likeness (QED) is 0.429. The molecule has 1 atom stereocenters. The van der Waals surface area contributed by atoms with Gasteiger partial charge < -0.3 is 4.74 Å². The van der Waals surface area contributed by atoms with Crippen LogP contribution < -0.4 is 0 Å². The Balaban J connectivity index is 3.07. The highest BCUT2D eigenvalue weighted by Crippen LogP contribution is 2.10. The Labute approximate surface area is 95.0 Å². The van der Waals surface area contributed by atoms with Crippen molar-refractivity contribution in [1.82, 2.24) is 0 Å². The van der Waals surface area contributed by atoms with Crippen molar-refractivity contribution in [2.24, 2.45) is 0 Å². The standard InChI is InChI=1S/C12H26OS/c1-3-5-7-8-9-12(14)11-13-10-6-4-2/h12,14H,3-11H2,1-2H3. The van der Waals surface area contributed by atoms with E-state index in [4.69, 9.17) is 4.74 Å². The van der Waals surface area contributed by atoms with Gasteiger partial charge in [0.2, 0.25) is 0 Å². The summed E-state index contributed by atoms with van der Waals surface area (Å²) in [5, 5.41) is 0.448. The van der Waals surface area contributed by atoms with Gasteiger partial charge in [-0.25, -0.2) is 0 Å². The van der Waals surface area contributed by atoms with Crippen molar-refractivity contribution in [3.05, 3.63) is 0 Å². The molecule has 0 spiro atoms. The van der Waals surface area contributed by atoms with E-state index in [1.807, 2.05) is 0 Å². The summed E-state index contributed by atoms with van der Waals surface area (Å²) in [6, 6.07) is 0. The molecule has 0 aliphatic rings. The predicted octanol–water partition coefficient (Wildman–Crippen LogP) is 4.07. The van der Waals surface area contributed by atoms with Gasteiger partial charge in [-0.1, -0.05) is 46.0 Å². The van der Waals surface area contributed by atoms with Crippen molar-refractivity contribution in [2.45, 2.75) is 64.0 Å². The van der Waals surface area contributed by atoms with E-state index in [1.165, 1.54) is 44.9 Å². The minimum atomic E-state index is 0.448. The molecule has 86 valence electrons. The number of thiol groups is 1. The van der Waals surface area contributed by atoms with E-state index in [2.05, 4.69) is 26.5 Å². The molecule has 0 fully saturated rings. The molecule has 0 amide bonds. The fraction of sp³-hybridized carbons (Fsp3) is 1.00. The lowest BCUT2D eigenvalue weighted by Crippen LogP contribution is -2.09. The zero-order chi connectivity index (χ0) is 10.6. The van der Waals surface area contributed by atoms with Gasteiger partial charge >= 0.3 is 0 Å². The van der Waals surface area contributed by atoms with Crippen LogP contribution in [0.5, 0.6) is 0 Å². The largest absolute Gasteiger partial charge is 0.380 e. The lowest BCUT2D eigenvalue weighted by atomic mass is 10.1. The molecule has 0 aromatic heterocycles. The van der Waals surface area contributed by atoms with Crippen LogP contribution in [0.25, 0.3) is 0 Å². The Morgan fingerprint density at radius 1 is 1.00 bits per heavy atom. The van der Waals surface area contributed by atoms with Gasteiger partial charge in [0.25, 0.3) is 0 Å². The Hall–Kier alpha value is 0.310. The fourth-order valence-corrected chi connectivity index (χ4v) is 1.64. The van der Waals surface area contributed by atoms with E-state index in [1.54, 1.807) is 0 Å². The maximum atomic E-state index is 5.52. The van der Waals surface area contributed by atoms with Crippen molar-refractivity contribution in [3.8, 4) is 0 Å². The molecule has 0 aromatic rings. The molecule has 0 aliphatic carbocycles. The molecular weight excluding hydrogens is 192 g/mol. The summed E-state index contributed by atoms with van der Waals surface area (Å²) in [7, 11) is 0. The average Bonchev–Trinajstić information content (AvgIpc) is 2.19. The average molecular weight is 218 g/mol. The van der Waals surface area contributed by atoms with Crippen molar-refractivity contribution in [3.63, 3.8) is 0 Å². The van der Waals surface area contributed by atoms with Crippen LogP contribution in [0, 0.1) is 0 Å². The Morgan fingerprint density at radius 3 is 2.36 bits per heavy atom. The van der Waals surface area contributed by atoms with Crippen molar-refractivity contribution in [2.75, 3.05) is 13.2 Å². The van der Waals surface area contributed by atoms with Gasteiger partial charge in [0.1, 0.15) is 0 Å². The van der Waals surface area contributed by atoms with Gasteiger partial charge in [-0.05, 0) is 12.8 Å². The molecule has 0 saturated carbocycles. The molecule has 0 aromatic carbocycles. The summed E-state index contributed by atoms with van der Waals surface area (Å²) in [5.41, 5.74) is 0. The van der Waals surface area contributed by atoms with Crippen molar-refractivity contribution >= 4 is 12.6 Å². The van der Waals surface area contributed by atoms with Gasteiger partial charge in [0, 0.05) is 11.9 Å². The van der Waals surface area contributed by atoms with E-state index in [9.17, 15) is 0 Å². The number of ether oxygens (including phenoxy) is 1. The van der Waals surface area contributed by atoms with Gasteiger partial charge in [-0.3, -0.25) is 0 Å². The molecule has 1 nitrogen and oxygen atoms in total. The maximum Gasteiger partial charge on any atom is 0.0582 e. The van der Waals surface area contributed by atoms with E-state index < -0.39 is 0 Å². The minimum Gasteiger partial charge on any atom is -0.380 e. The summed E-state index contributed by atoms with van der Waals surface area (Å²) in [4.78, 5) is 0. The second-order valence-electron chi connectivity index (χ2n) is 3.93. The molecule has 1 unspecified atom stereocenters. The first kappa shape index (κ1) is 14.3. The minimum absolute atomic E-state index is 0.448. The molecule has 0 radical (unpaired) electrons. The molecule has 0 saturated heterocycles. The Morgan fingerprint density at radius 2 is 1.71 bits per heavy atom. The highest BCUT2D eigenvalue weighted by atomic mass is 32.1. The Kier molecular flexibility index (Phi) is 11.6. The normalized spacial score (nSPS) is 13.1. The molecular formula is C12H26OS. The monoisotopic (exact) mass is 218 g/mol. The molecule has 0 rings (SSSR count). The van der Waals surface area contributed by atoms with Gasteiger partial charge in [-0.15, -0.1) is 0 Å². The predicted molar refractivity (Wildman–Crippen MR) is 67.3 cm³/mol. The highest BCUT2D eigenvalue weighted by molar-refractivity contribution is 7.81. The smallest absolute Gasteiger partial charge is 0.0582 e. The van der Waals surface area contributed by atoms with Crippen LogP contribution in [-0.4, -0.2) is 18.5 Å². The Bertz CT molecular complexity index is 94.5. The SMILES string of the molecule is CCCCCCC(S)COCCCC. The van der Waals surface area contributed by atoms with Crippen molar-refractivity contribution in [1.29, 1.82) is 0 Å². The molecule has 0 bridgehead atoms. The summed E-state index contributed by atoms with van der Waals surface area (Å²) in [6.45, 7) is 6.16. The summed E-state index contributed by atoms with van der Waals surface area (Å²) in [6.07, 6.45) is 8.92. The maximum absolute atomic E-state index is 5.52. The second kappa shape index (κ2) is 11.4. The van der Waals surface area contributed by atoms with Crippen LogP contribution in [0.2, 0.25) is 0 Å². The third kappa shape index (κ3) is 10.4. The molecule has 0 aliphatic heterocycles. The highest BCUT2D eigenvalue weighted by Gasteiger charge is 2.02. The topological polar surface area (TPSA) is 9.23 Å². The number of unbranched alkanes of at least 4 members (excludes halogenated alkanes) is 4. The van der Waals surface area contributed by atoms with Crippen LogP contribution in [0.1, 0.15) is 58.8 Å². The second-order valence-corrected chi connectivity index (χ2v) is 4.66. The van der Waals surface area contributed by atoms with E-state index in [-0.39, 0.29) is 0 Å². The first-order chi connectivity index (χ1) is 6.81. The van der Waals surface area contributed by atoms with Crippen LogP contribution >= 0.6 is 12.6 Å². The third-order valence-electron chi connectivity index (χ3n) is 2.34. The fourth-order valence-electron chi connectivity index (χ4n) is 1.36. The first-order valence-electron chi connectivity index (χ1n) is 6.07. The van der Waals surface area contributed by atoms with Gasteiger partial charge in [0.15, 0.2) is 0 Å². The number of hydrogen-bond acceptors (Lipinski definition) is 2. The summed E-state index contributed by atoms with van der Waals surface area (Å²) in [5.74, 6) is 0. The van der Waals surface area contributed by atoms with Crippen LogP contribution in [0.3, 0.4) is 0 Å². The first-order valence-corrected chi connectivity index (χ1v) is 6.58. The lowest BCUT2D eigenvalue weighted by molar-refractivity contribution is 0.131. The van der Waals surface area contributed by atoms with Crippen LogP contribution in [0.4, 0.5) is 0 Å². The molecule has 0 heterocycles. The lowest BCUT2D eigenvalue weighted by Gasteiger charge is -2.10. The van der Waals surface area contributed by atoms with E-state index in [0.717, 1.165) is 13.2 Å². The molecule has 2 heteroatoms. The van der Waals surface area contributed by atoms with Crippen LogP contribution in [0.15, 0.2) is 0 Å². The van der Waals surface area contributed by atoms with Crippen LogP contribution in [-0.2, 0) is 4.74 Å². The zero-order valence-corrected chi connectivity index (χ0v) is 10.7. The number of hydrogen-bond donors (Lipinski definition) is 1. The van der Waals surface area contributed by atoms with Gasteiger partial charge in [0.05, 0.1) is 6.61 Å². The molecule has 0 N–H and O–H groups in total. The zero-order valence-electron chi connectivity index (χ0n) is 9.80. The van der Waals surface area contributed by atoms with E-state index in [0.29, 0.717) is 5.25 Å². The van der Waals surface area contributed by atoms with E-state index >= 15 is 0 Å². The van der Waals surface area contributed by atoms with Crippen molar-refractivity contribution < 1.29 is 4.74 Å². The molecule has 14 heavy (non-hydrogen) atoms. The third-order valence-corrected chi connectivity index (χ3v) is 2.75. The summed E-state index contributed by atoms with van der Waals surface area (Å²) < 4.78 is 5.52. The van der Waals surface area contributed by atoms with Gasteiger partial charge in [-0.2, -0.15) is 12.6 Å². The summed E-state index contributed by atoms with van der Waals surface area (Å²) >= 11 is 4.51. The number of rotatable bonds is 10.